The van der Waals surface area contributed by atoms with Gasteiger partial charge in [-0.3, -0.25) is 18.9 Å². The molecule has 4 nitrogen and oxygen atoms in total. The van der Waals surface area contributed by atoms with Crippen LogP contribution in [0.15, 0.2) is 24.7 Å². The molecular formula is C27H38FN3O. The Morgan fingerprint density at radius 3 is 2.84 bits per heavy atom. The zero-order chi connectivity index (χ0) is 22.3. The van der Waals surface area contributed by atoms with Gasteiger partial charge in [0, 0.05) is 23.7 Å². The number of hydrogen-bond acceptors (Lipinski definition) is 3. The van der Waals surface area contributed by atoms with Crippen molar-refractivity contribution < 1.29 is 9.18 Å². The first kappa shape index (κ1) is 22.0. The summed E-state index contributed by atoms with van der Waals surface area (Å²) in [6.07, 6.45) is 15.7. The summed E-state index contributed by atoms with van der Waals surface area (Å²) < 4.78 is 15.0. The minimum atomic E-state index is -0.168. The molecule has 0 radical (unpaired) electrons. The van der Waals surface area contributed by atoms with Crippen LogP contribution in [0.25, 0.3) is 10.9 Å². The van der Waals surface area contributed by atoms with E-state index in [1.807, 2.05) is 16.9 Å². The van der Waals surface area contributed by atoms with E-state index in [-0.39, 0.29) is 18.0 Å². The molecule has 32 heavy (non-hydrogen) atoms. The average Bonchev–Trinajstić information content (AvgIpc) is 3.35. The first-order chi connectivity index (χ1) is 15.5. The lowest BCUT2D eigenvalue weighted by Crippen LogP contribution is -2.48. The molecule has 5 heteroatoms. The lowest BCUT2D eigenvalue weighted by atomic mass is 9.50. The molecule has 3 aliphatic carbocycles. The molecular weight excluding hydrogens is 401 g/mol. The molecule has 0 spiro atoms. The maximum Gasteiger partial charge on any atom is 0.157 e. The Hall–Kier alpha value is -1.78. The summed E-state index contributed by atoms with van der Waals surface area (Å²) in [7, 11) is 0. The van der Waals surface area contributed by atoms with Crippen molar-refractivity contribution in [3.8, 4) is 0 Å². The van der Waals surface area contributed by atoms with Gasteiger partial charge in [0.05, 0.1) is 19.4 Å². The van der Waals surface area contributed by atoms with Crippen molar-refractivity contribution in [3.05, 3.63) is 24.7 Å². The summed E-state index contributed by atoms with van der Waals surface area (Å²) in [4.78, 5) is 17.6. The molecule has 0 saturated heterocycles. The normalized spacial score (nSPS) is 36.7. The van der Waals surface area contributed by atoms with Crippen LogP contribution in [0.1, 0.15) is 71.6 Å². The summed E-state index contributed by atoms with van der Waals surface area (Å²) in [5.41, 5.74) is 0.971. The molecule has 0 aliphatic heterocycles. The summed E-state index contributed by atoms with van der Waals surface area (Å²) in [5, 5.41) is 5.61. The number of Topliss-reactive ketones (excluding diaryl/α,β-unsaturated/α-hetero) is 1. The maximum atomic E-state index is 13.5. The third kappa shape index (κ3) is 3.70. The Kier molecular flexibility index (Phi) is 6.11. The molecule has 2 aromatic rings. The van der Waals surface area contributed by atoms with Crippen LogP contribution in [0.2, 0.25) is 0 Å². The minimum Gasteiger partial charge on any atom is -0.297 e. The second-order valence-corrected chi connectivity index (χ2v) is 11.1. The summed E-state index contributed by atoms with van der Waals surface area (Å²) >= 11 is 0. The van der Waals surface area contributed by atoms with Crippen LogP contribution < -0.4 is 0 Å². The van der Waals surface area contributed by atoms with Crippen LogP contribution in [-0.2, 0) is 11.3 Å². The topological polar surface area (TPSA) is 47.8 Å². The molecule has 2 aromatic heterocycles. The third-order valence-corrected chi connectivity index (χ3v) is 9.68. The predicted octanol–water partition coefficient (Wildman–Crippen LogP) is 6.25. The van der Waals surface area contributed by atoms with Gasteiger partial charge in [-0.2, -0.15) is 5.10 Å². The lowest BCUT2D eigenvalue weighted by Gasteiger charge is -2.54. The summed E-state index contributed by atoms with van der Waals surface area (Å²) in [5.74, 6) is 3.90. The molecule has 5 rings (SSSR count). The number of halogens is 1. The van der Waals surface area contributed by atoms with Gasteiger partial charge in [0.1, 0.15) is 5.52 Å². The molecule has 7 unspecified atom stereocenters. The van der Waals surface area contributed by atoms with Gasteiger partial charge in [-0.1, -0.05) is 26.7 Å². The van der Waals surface area contributed by atoms with E-state index in [1.165, 1.54) is 38.5 Å². The van der Waals surface area contributed by atoms with Gasteiger partial charge in [0.2, 0.25) is 0 Å². The molecule has 2 heterocycles. The summed E-state index contributed by atoms with van der Waals surface area (Å²) in [6, 6.07) is 1.95. The van der Waals surface area contributed by atoms with Crippen LogP contribution in [-0.4, -0.2) is 27.2 Å². The average molecular weight is 440 g/mol. The van der Waals surface area contributed by atoms with Crippen LogP contribution in [0.5, 0.6) is 0 Å². The fraction of sp³-hybridized carbons (Fsp3) is 0.741. The van der Waals surface area contributed by atoms with Crippen molar-refractivity contribution >= 4 is 16.7 Å². The maximum absolute atomic E-state index is 13.5. The van der Waals surface area contributed by atoms with Gasteiger partial charge in [-0.25, -0.2) is 0 Å². The number of carbonyl (C=O) groups is 1. The zero-order valence-electron chi connectivity index (χ0n) is 19.7. The molecule has 0 aromatic carbocycles. The highest BCUT2D eigenvalue weighted by molar-refractivity contribution is 5.83. The van der Waals surface area contributed by atoms with E-state index in [4.69, 9.17) is 0 Å². The van der Waals surface area contributed by atoms with E-state index in [0.717, 1.165) is 42.0 Å². The Morgan fingerprint density at radius 1 is 1.19 bits per heavy atom. The molecule has 0 N–H and O–H groups in total. The number of ketones is 1. The second kappa shape index (κ2) is 8.87. The summed E-state index contributed by atoms with van der Waals surface area (Å²) in [6.45, 7) is 4.89. The highest BCUT2D eigenvalue weighted by Crippen LogP contribution is 2.63. The molecule has 7 atom stereocenters. The van der Waals surface area contributed by atoms with E-state index < -0.39 is 0 Å². The van der Waals surface area contributed by atoms with Crippen molar-refractivity contribution in [2.24, 2.45) is 40.9 Å². The van der Waals surface area contributed by atoms with Gasteiger partial charge in [0.25, 0.3) is 0 Å². The first-order valence-electron chi connectivity index (χ1n) is 12.9. The van der Waals surface area contributed by atoms with Gasteiger partial charge < -0.3 is 0 Å². The zero-order valence-corrected chi connectivity index (χ0v) is 19.7. The fourth-order valence-corrected chi connectivity index (χ4v) is 8.31. The van der Waals surface area contributed by atoms with E-state index in [1.54, 1.807) is 12.4 Å². The first-order valence-corrected chi connectivity index (χ1v) is 12.9. The standard InChI is InChI=1S/C27H38FN3O/c1-3-4-20-18(10-13-28)5-6-22-21(20)9-12-27(2)23(22)7-8-24(27)26(32)17-31-16-19-11-14-29-15-25(19)30-31/h11,14-16,18,20-24H,3-10,12-13,17H2,1-2H3. The van der Waals surface area contributed by atoms with Gasteiger partial charge >= 0.3 is 0 Å². The van der Waals surface area contributed by atoms with Crippen LogP contribution in [0.4, 0.5) is 4.39 Å². The Bertz CT molecular complexity index is 924. The van der Waals surface area contributed by atoms with E-state index in [2.05, 4.69) is 23.9 Å². The predicted molar refractivity (Wildman–Crippen MR) is 125 cm³/mol. The SMILES string of the molecule is CCCC1C(CCF)CCC2C1CCC1(C)C(C(=O)Cn3cc4ccncc4n3)CCC21. The fourth-order valence-electron chi connectivity index (χ4n) is 8.31. The van der Waals surface area contributed by atoms with Crippen molar-refractivity contribution in [1.29, 1.82) is 0 Å². The van der Waals surface area contributed by atoms with Crippen molar-refractivity contribution in [2.45, 2.75) is 78.2 Å². The molecule has 0 bridgehead atoms. The van der Waals surface area contributed by atoms with Crippen molar-refractivity contribution in [2.75, 3.05) is 6.67 Å². The number of aromatic nitrogens is 3. The van der Waals surface area contributed by atoms with Gasteiger partial charge in [-0.05, 0) is 86.0 Å². The van der Waals surface area contributed by atoms with Gasteiger partial charge in [0.15, 0.2) is 5.78 Å². The number of carbonyl (C=O) groups excluding carboxylic acids is 1. The third-order valence-electron chi connectivity index (χ3n) is 9.68. The Morgan fingerprint density at radius 2 is 2.06 bits per heavy atom. The van der Waals surface area contributed by atoms with Gasteiger partial charge in [-0.15, -0.1) is 0 Å². The largest absolute Gasteiger partial charge is 0.297 e. The second-order valence-electron chi connectivity index (χ2n) is 11.1. The van der Waals surface area contributed by atoms with Crippen LogP contribution in [0.3, 0.4) is 0 Å². The number of fused-ring (bicyclic) bond motifs is 4. The minimum absolute atomic E-state index is 0.121. The molecule has 174 valence electrons. The van der Waals surface area contributed by atoms with Crippen LogP contribution >= 0.6 is 0 Å². The number of hydrogen-bond donors (Lipinski definition) is 0. The number of pyridine rings is 1. The van der Waals surface area contributed by atoms with E-state index >= 15 is 0 Å². The smallest absolute Gasteiger partial charge is 0.157 e. The van der Waals surface area contributed by atoms with Crippen LogP contribution in [0, 0.1) is 40.9 Å². The van der Waals surface area contributed by atoms with E-state index in [9.17, 15) is 9.18 Å². The van der Waals surface area contributed by atoms with Crippen molar-refractivity contribution in [1.82, 2.24) is 14.8 Å². The molecule has 3 fully saturated rings. The van der Waals surface area contributed by atoms with E-state index in [0.29, 0.717) is 30.1 Å². The highest BCUT2D eigenvalue weighted by Gasteiger charge is 2.57. The number of nitrogens with zero attached hydrogens (tertiary/aromatic N) is 3. The Balaban J connectivity index is 1.32. The van der Waals surface area contributed by atoms with Crippen molar-refractivity contribution in [3.63, 3.8) is 0 Å². The lowest BCUT2D eigenvalue weighted by molar-refractivity contribution is -0.130. The molecule has 0 amide bonds. The number of alkyl halides is 1. The quantitative estimate of drug-likeness (QED) is 0.513. The Labute approximate surface area is 191 Å². The molecule has 3 saturated carbocycles. The molecule has 3 aliphatic rings. The monoisotopic (exact) mass is 439 g/mol. The highest BCUT2D eigenvalue weighted by atomic mass is 19.1. The number of rotatable bonds is 7.